The molecule has 1 rings (SSSR count). The number of benzene rings is 1. The molecule has 1 amide bonds. The fraction of sp³-hybridized carbons (Fsp3) is 0.533. The van der Waals surface area contributed by atoms with Crippen LogP contribution in [-0.4, -0.2) is 50.2 Å². The molecule has 0 bridgehead atoms. The first-order chi connectivity index (χ1) is 9.67. The summed E-state index contributed by atoms with van der Waals surface area (Å²) in [5.41, 5.74) is 0.327. The van der Waals surface area contributed by atoms with Crippen LogP contribution < -0.4 is 5.32 Å². The first-order valence-corrected chi connectivity index (χ1v) is 7.01. The first kappa shape index (κ1) is 16.6. The van der Waals surface area contributed by atoms with Gasteiger partial charge in [0.1, 0.15) is 5.82 Å². The monoisotopic (exact) mass is 282 g/mol. The number of halogens is 1. The fourth-order valence-electron chi connectivity index (χ4n) is 1.80. The largest absolute Gasteiger partial charge is 0.378 e. The Morgan fingerprint density at radius 2 is 2.05 bits per heavy atom. The summed E-state index contributed by atoms with van der Waals surface area (Å²) >= 11 is 0. The van der Waals surface area contributed by atoms with Gasteiger partial charge in [-0.1, -0.05) is 19.9 Å². The molecule has 4 nitrogen and oxygen atoms in total. The number of rotatable bonds is 9. The molecule has 5 heteroatoms. The maximum Gasteiger partial charge on any atom is 0.251 e. The van der Waals surface area contributed by atoms with Crippen LogP contribution in [0, 0.1) is 5.82 Å². The molecule has 0 unspecified atom stereocenters. The highest BCUT2D eigenvalue weighted by atomic mass is 19.1. The van der Waals surface area contributed by atoms with Gasteiger partial charge in [-0.2, -0.15) is 0 Å². The van der Waals surface area contributed by atoms with Crippen molar-refractivity contribution < 1.29 is 13.9 Å². The lowest BCUT2D eigenvalue weighted by Gasteiger charge is -2.17. The van der Waals surface area contributed by atoms with Crippen LogP contribution >= 0.6 is 0 Å². The van der Waals surface area contributed by atoms with Gasteiger partial charge in [0.15, 0.2) is 0 Å². The summed E-state index contributed by atoms with van der Waals surface area (Å²) in [4.78, 5) is 14.0. The predicted octanol–water partition coefficient (Wildman–Crippen LogP) is 1.91. The average molecular weight is 282 g/mol. The zero-order valence-electron chi connectivity index (χ0n) is 12.2. The average Bonchev–Trinajstić information content (AvgIpc) is 2.46. The molecule has 0 fully saturated rings. The molecule has 20 heavy (non-hydrogen) atoms. The van der Waals surface area contributed by atoms with E-state index in [1.54, 1.807) is 6.07 Å². The van der Waals surface area contributed by atoms with Gasteiger partial charge in [-0.25, -0.2) is 4.39 Å². The molecule has 0 radical (unpaired) electrons. The highest BCUT2D eigenvalue weighted by molar-refractivity contribution is 5.94. The normalized spacial score (nSPS) is 10.8. The third kappa shape index (κ3) is 6.12. The highest BCUT2D eigenvalue weighted by Gasteiger charge is 2.05. The van der Waals surface area contributed by atoms with Crippen molar-refractivity contribution in [1.82, 2.24) is 10.2 Å². The molecule has 0 aromatic heterocycles. The Labute approximate surface area is 119 Å². The van der Waals surface area contributed by atoms with Gasteiger partial charge >= 0.3 is 0 Å². The van der Waals surface area contributed by atoms with Gasteiger partial charge in [-0.3, -0.25) is 4.79 Å². The van der Waals surface area contributed by atoms with Crippen molar-refractivity contribution in [3.8, 4) is 0 Å². The summed E-state index contributed by atoms with van der Waals surface area (Å²) < 4.78 is 18.4. The van der Waals surface area contributed by atoms with E-state index in [9.17, 15) is 9.18 Å². The summed E-state index contributed by atoms with van der Waals surface area (Å²) in [6.07, 6.45) is 0. The smallest absolute Gasteiger partial charge is 0.251 e. The van der Waals surface area contributed by atoms with Crippen molar-refractivity contribution in [2.24, 2.45) is 0 Å². The number of hydrogen-bond donors (Lipinski definition) is 1. The van der Waals surface area contributed by atoms with Crippen molar-refractivity contribution >= 4 is 5.91 Å². The minimum atomic E-state index is -0.409. The predicted molar refractivity (Wildman–Crippen MR) is 77.3 cm³/mol. The fourth-order valence-corrected chi connectivity index (χ4v) is 1.80. The maximum atomic E-state index is 12.9. The quantitative estimate of drug-likeness (QED) is 0.704. The Morgan fingerprint density at radius 1 is 1.30 bits per heavy atom. The van der Waals surface area contributed by atoms with Crippen molar-refractivity contribution in [3.63, 3.8) is 0 Å². The van der Waals surface area contributed by atoms with E-state index in [0.717, 1.165) is 19.6 Å². The second-order valence-electron chi connectivity index (χ2n) is 4.41. The van der Waals surface area contributed by atoms with Crippen molar-refractivity contribution in [3.05, 3.63) is 35.6 Å². The van der Waals surface area contributed by atoms with E-state index in [1.165, 1.54) is 18.2 Å². The molecule has 0 aliphatic carbocycles. The van der Waals surface area contributed by atoms with Crippen LogP contribution in [0.5, 0.6) is 0 Å². The number of ether oxygens (including phenoxy) is 1. The molecular formula is C15H23FN2O2. The maximum absolute atomic E-state index is 12.9. The number of carbonyl (C=O) groups is 1. The van der Waals surface area contributed by atoms with Gasteiger partial charge in [0.25, 0.3) is 5.91 Å². The van der Waals surface area contributed by atoms with Crippen LogP contribution in [0.1, 0.15) is 24.2 Å². The summed E-state index contributed by atoms with van der Waals surface area (Å²) in [6.45, 7) is 8.68. The Morgan fingerprint density at radius 3 is 2.70 bits per heavy atom. The van der Waals surface area contributed by atoms with Gasteiger partial charge in [-0.15, -0.1) is 0 Å². The summed E-state index contributed by atoms with van der Waals surface area (Å²) in [6, 6.07) is 5.63. The van der Waals surface area contributed by atoms with E-state index in [1.807, 2.05) is 0 Å². The minimum Gasteiger partial charge on any atom is -0.378 e. The molecule has 0 spiro atoms. The first-order valence-electron chi connectivity index (χ1n) is 7.01. The van der Waals surface area contributed by atoms with Crippen LogP contribution in [0.25, 0.3) is 0 Å². The lowest BCUT2D eigenvalue weighted by molar-refractivity contribution is 0.0884. The summed E-state index contributed by atoms with van der Waals surface area (Å²) in [7, 11) is 0. The molecule has 112 valence electrons. The van der Waals surface area contributed by atoms with Crippen molar-refractivity contribution in [2.45, 2.75) is 13.8 Å². The van der Waals surface area contributed by atoms with Crippen LogP contribution in [0.2, 0.25) is 0 Å². The van der Waals surface area contributed by atoms with E-state index in [2.05, 4.69) is 24.1 Å². The Balaban J connectivity index is 2.14. The molecule has 1 aromatic rings. The van der Waals surface area contributed by atoms with E-state index in [0.29, 0.717) is 25.3 Å². The molecule has 0 heterocycles. The lowest BCUT2D eigenvalue weighted by atomic mass is 10.2. The second-order valence-corrected chi connectivity index (χ2v) is 4.41. The summed E-state index contributed by atoms with van der Waals surface area (Å²) in [5.74, 6) is -0.690. The van der Waals surface area contributed by atoms with Crippen LogP contribution in [0.4, 0.5) is 4.39 Å². The number of carbonyl (C=O) groups excluding carboxylic acids is 1. The van der Waals surface area contributed by atoms with E-state index in [4.69, 9.17) is 4.74 Å². The van der Waals surface area contributed by atoms with Crippen molar-refractivity contribution in [2.75, 3.05) is 39.4 Å². The van der Waals surface area contributed by atoms with Gasteiger partial charge < -0.3 is 15.0 Å². The Bertz CT molecular complexity index is 409. The number of nitrogens with zero attached hydrogens (tertiary/aromatic N) is 1. The highest BCUT2D eigenvalue weighted by Crippen LogP contribution is 2.02. The molecule has 0 saturated carbocycles. The molecular weight excluding hydrogens is 259 g/mol. The lowest BCUT2D eigenvalue weighted by Crippen LogP contribution is -2.30. The van der Waals surface area contributed by atoms with Crippen LogP contribution in [0.3, 0.4) is 0 Å². The van der Waals surface area contributed by atoms with Crippen LogP contribution in [0.15, 0.2) is 24.3 Å². The molecule has 0 aliphatic rings. The van der Waals surface area contributed by atoms with Gasteiger partial charge in [0.05, 0.1) is 13.2 Å². The number of hydrogen-bond acceptors (Lipinski definition) is 3. The third-order valence-corrected chi connectivity index (χ3v) is 3.07. The van der Waals surface area contributed by atoms with Crippen LogP contribution in [-0.2, 0) is 4.74 Å². The zero-order chi connectivity index (χ0) is 14.8. The number of nitrogens with one attached hydrogen (secondary N) is 1. The molecule has 1 N–H and O–H groups in total. The van der Waals surface area contributed by atoms with Gasteiger partial charge in [-0.05, 0) is 31.3 Å². The zero-order valence-corrected chi connectivity index (χ0v) is 12.2. The molecule has 1 aromatic carbocycles. The Kier molecular flexibility index (Phi) is 7.84. The molecule has 0 atom stereocenters. The topological polar surface area (TPSA) is 41.6 Å². The van der Waals surface area contributed by atoms with Gasteiger partial charge in [0, 0.05) is 18.7 Å². The second kappa shape index (κ2) is 9.44. The van der Waals surface area contributed by atoms with E-state index < -0.39 is 5.82 Å². The van der Waals surface area contributed by atoms with E-state index >= 15 is 0 Å². The van der Waals surface area contributed by atoms with E-state index in [-0.39, 0.29) is 5.91 Å². The van der Waals surface area contributed by atoms with Gasteiger partial charge in [0.2, 0.25) is 0 Å². The number of amides is 1. The molecule has 0 aliphatic heterocycles. The standard InChI is InChI=1S/C15H23FN2O2/c1-3-18(4-2)9-11-20-10-8-17-15(19)13-6-5-7-14(16)12-13/h5-7,12H,3-4,8-11H2,1-2H3,(H,17,19). The molecule has 0 saturated heterocycles. The number of likely N-dealkylation sites (N-methyl/N-ethyl adjacent to an activating group) is 1. The minimum absolute atomic E-state index is 0.281. The Hall–Kier alpha value is -1.46. The van der Waals surface area contributed by atoms with Crippen molar-refractivity contribution in [1.29, 1.82) is 0 Å². The summed E-state index contributed by atoms with van der Waals surface area (Å²) in [5, 5.41) is 2.70. The third-order valence-electron chi connectivity index (χ3n) is 3.07. The SMILES string of the molecule is CCN(CC)CCOCCNC(=O)c1cccc(F)c1.